The Morgan fingerprint density at radius 3 is 2.62 bits per heavy atom. The highest BCUT2D eigenvalue weighted by Gasteiger charge is 2.28. The second kappa shape index (κ2) is 10.4. The third-order valence-corrected chi connectivity index (χ3v) is 5.18. The van der Waals surface area contributed by atoms with Gasteiger partial charge in [0.2, 0.25) is 0 Å². The van der Waals surface area contributed by atoms with Crippen molar-refractivity contribution >= 4 is 41.7 Å². The van der Waals surface area contributed by atoms with Crippen molar-refractivity contribution in [2.75, 3.05) is 39.0 Å². The quantitative estimate of drug-likeness (QED) is 0.411. The number of hydrogen-bond acceptors (Lipinski definition) is 3. The van der Waals surface area contributed by atoms with Crippen LogP contribution in [-0.2, 0) is 6.42 Å². The lowest BCUT2D eigenvalue weighted by molar-refractivity contribution is 0.376. The van der Waals surface area contributed by atoms with Crippen LogP contribution in [0, 0.1) is 0 Å². The molecule has 6 heteroatoms. The van der Waals surface area contributed by atoms with Crippen LogP contribution in [0.25, 0.3) is 0 Å². The molecule has 0 bridgehead atoms. The number of hydrogen-bond donors (Lipinski definition) is 1. The Bertz CT molecular complexity index is 520. The van der Waals surface area contributed by atoms with Crippen LogP contribution < -0.4 is 10.1 Å². The monoisotopic (exact) mass is 463 g/mol. The number of methoxy groups -OCH3 is 1. The summed E-state index contributed by atoms with van der Waals surface area (Å²) in [4.78, 5) is 7.23. The van der Waals surface area contributed by atoms with E-state index < -0.39 is 0 Å². The van der Waals surface area contributed by atoms with E-state index in [1.165, 1.54) is 5.56 Å². The molecule has 0 radical (unpaired) electrons. The van der Waals surface area contributed by atoms with Crippen LogP contribution in [0.15, 0.2) is 29.3 Å². The highest BCUT2D eigenvalue weighted by atomic mass is 127. The number of nitrogens with one attached hydrogen (secondary N) is 1. The maximum Gasteiger partial charge on any atom is 0.193 e. The van der Waals surface area contributed by atoms with Crippen molar-refractivity contribution in [2.45, 2.75) is 31.9 Å². The summed E-state index contributed by atoms with van der Waals surface area (Å²) in [5.41, 5.74) is 1.29. The summed E-state index contributed by atoms with van der Waals surface area (Å²) in [5, 5.41) is 3.44. The first kappa shape index (κ1) is 21.4. The standard InChI is InChI=1S/C18H29N3OS.HI/c1-5-19-17(21-12-13-23-18(2,3)14-21)20-11-10-15-6-8-16(22-4)9-7-15;/h6-9H,5,10-14H2,1-4H3,(H,19,20);1H. The van der Waals surface area contributed by atoms with Crippen LogP contribution in [0.4, 0.5) is 0 Å². The number of guanidine groups is 1. The Hall–Kier alpha value is -0.630. The van der Waals surface area contributed by atoms with Crippen LogP contribution in [0.5, 0.6) is 5.75 Å². The molecule has 1 heterocycles. The van der Waals surface area contributed by atoms with Crippen LogP contribution in [0.2, 0.25) is 0 Å². The maximum absolute atomic E-state index is 5.20. The number of rotatable bonds is 5. The van der Waals surface area contributed by atoms with Gasteiger partial charge in [-0.15, -0.1) is 24.0 Å². The molecule has 0 atom stereocenters. The molecular formula is C18H30IN3OS. The number of halogens is 1. The van der Waals surface area contributed by atoms with Crippen LogP contribution in [0.1, 0.15) is 26.3 Å². The van der Waals surface area contributed by atoms with Gasteiger partial charge in [-0.1, -0.05) is 12.1 Å². The summed E-state index contributed by atoms with van der Waals surface area (Å²) >= 11 is 2.05. The molecule has 1 aliphatic rings. The Morgan fingerprint density at radius 2 is 2.04 bits per heavy atom. The number of thioether (sulfide) groups is 1. The highest BCUT2D eigenvalue weighted by Crippen LogP contribution is 2.29. The molecule has 0 amide bonds. The van der Waals surface area contributed by atoms with E-state index in [-0.39, 0.29) is 24.0 Å². The van der Waals surface area contributed by atoms with E-state index in [0.717, 1.165) is 50.1 Å². The molecule has 0 spiro atoms. The lowest BCUT2D eigenvalue weighted by atomic mass is 10.1. The fourth-order valence-electron chi connectivity index (χ4n) is 2.71. The molecule has 1 fully saturated rings. The lowest BCUT2D eigenvalue weighted by Crippen LogP contribution is -2.51. The number of ether oxygens (including phenoxy) is 1. The molecule has 1 saturated heterocycles. The van der Waals surface area contributed by atoms with Gasteiger partial charge < -0.3 is 15.0 Å². The Labute approximate surface area is 167 Å². The largest absolute Gasteiger partial charge is 0.497 e. The van der Waals surface area contributed by atoms with Gasteiger partial charge in [-0.3, -0.25) is 4.99 Å². The molecule has 2 rings (SSSR count). The molecule has 0 unspecified atom stereocenters. The van der Waals surface area contributed by atoms with E-state index in [1.807, 2.05) is 23.9 Å². The molecule has 0 aromatic heterocycles. The van der Waals surface area contributed by atoms with Crippen molar-refractivity contribution < 1.29 is 4.74 Å². The van der Waals surface area contributed by atoms with Crippen molar-refractivity contribution in [1.29, 1.82) is 0 Å². The predicted molar refractivity (Wildman–Crippen MR) is 116 cm³/mol. The molecule has 4 nitrogen and oxygen atoms in total. The van der Waals surface area contributed by atoms with Crippen molar-refractivity contribution in [1.82, 2.24) is 10.2 Å². The summed E-state index contributed by atoms with van der Waals surface area (Å²) < 4.78 is 5.49. The van der Waals surface area contributed by atoms with Crippen molar-refractivity contribution in [3.05, 3.63) is 29.8 Å². The van der Waals surface area contributed by atoms with Gasteiger partial charge in [-0.2, -0.15) is 11.8 Å². The first-order valence-corrected chi connectivity index (χ1v) is 9.33. The minimum Gasteiger partial charge on any atom is -0.497 e. The van der Waals surface area contributed by atoms with Crippen LogP contribution in [-0.4, -0.2) is 54.6 Å². The topological polar surface area (TPSA) is 36.9 Å². The Morgan fingerprint density at radius 1 is 1.33 bits per heavy atom. The molecule has 0 saturated carbocycles. The minimum absolute atomic E-state index is 0. The van der Waals surface area contributed by atoms with E-state index in [2.05, 4.69) is 43.1 Å². The van der Waals surface area contributed by atoms with Crippen molar-refractivity contribution in [3.63, 3.8) is 0 Å². The Balaban J connectivity index is 0.00000288. The summed E-state index contributed by atoms with van der Waals surface area (Å²) in [6.07, 6.45) is 0.949. The molecule has 136 valence electrons. The molecule has 24 heavy (non-hydrogen) atoms. The van der Waals surface area contributed by atoms with Crippen LogP contribution in [0.3, 0.4) is 0 Å². The predicted octanol–water partition coefficient (Wildman–Crippen LogP) is 3.65. The van der Waals surface area contributed by atoms with Crippen molar-refractivity contribution in [2.24, 2.45) is 4.99 Å². The summed E-state index contributed by atoms with van der Waals surface area (Å²) in [6.45, 7) is 10.6. The average Bonchev–Trinajstić information content (AvgIpc) is 2.54. The second-order valence-electron chi connectivity index (χ2n) is 6.36. The summed E-state index contributed by atoms with van der Waals surface area (Å²) in [6, 6.07) is 8.24. The number of benzene rings is 1. The van der Waals surface area contributed by atoms with Gasteiger partial charge >= 0.3 is 0 Å². The summed E-state index contributed by atoms with van der Waals surface area (Å²) in [5.74, 6) is 3.11. The number of nitrogens with zero attached hydrogens (tertiary/aromatic N) is 2. The third-order valence-electron chi connectivity index (χ3n) is 3.88. The van der Waals surface area contributed by atoms with Gasteiger partial charge in [0.05, 0.1) is 7.11 Å². The van der Waals surface area contributed by atoms with Crippen LogP contribution >= 0.6 is 35.7 Å². The maximum atomic E-state index is 5.20. The molecule has 1 aromatic carbocycles. The first-order valence-electron chi connectivity index (χ1n) is 8.34. The van der Waals surface area contributed by atoms with Gasteiger partial charge in [-0.05, 0) is 44.9 Å². The van der Waals surface area contributed by atoms with E-state index in [1.54, 1.807) is 7.11 Å². The van der Waals surface area contributed by atoms with E-state index >= 15 is 0 Å². The zero-order valence-corrected chi connectivity index (χ0v) is 18.3. The third kappa shape index (κ3) is 6.70. The lowest BCUT2D eigenvalue weighted by Gasteiger charge is -2.39. The molecular weight excluding hydrogens is 433 g/mol. The van der Waals surface area contributed by atoms with Gasteiger partial charge in [0, 0.05) is 36.7 Å². The van der Waals surface area contributed by atoms with Gasteiger partial charge in [0.25, 0.3) is 0 Å². The smallest absolute Gasteiger partial charge is 0.193 e. The zero-order valence-electron chi connectivity index (χ0n) is 15.2. The van der Waals surface area contributed by atoms with Gasteiger partial charge in [-0.25, -0.2) is 0 Å². The van der Waals surface area contributed by atoms with E-state index in [9.17, 15) is 0 Å². The average molecular weight is 463 g/mol. The Kier molecular flexibility index (Phi) is 9.26. The zero-order chi connectivity index (χ0) is 16.7. The molecule has 1 aliphatic heterocycles. The van der Waals surface area contributed by atoms with Gasteiger partial charge in [0.15, 0.2) is 5.96 Å². The molecule has 0 aliphatic carbocycles. The minimum atomic E-state index is 0. The highest BCUT2D eigenvalue weighted by molar-refractivity contribution is 14.0. The SMILES string of the molecule is CCNC(=NCCc1ccc(OC)cc1)N1CCSC(C)(C)C1.I. The second-order valence-corrected chi connectivity index (χ2v) is 8.17. The fraction of sp³-hybridized carbons (Fsp3) is 0.611. The molecule has 1 N–H and O–H groups in total. The molecule has 1 aromatic rings. The fourth-order valence-corrected chi connectivity index (χ4v) is 3.82. The normalized spacial score (nSPS) is 17.2. The van der Waals surface area contributed by atoms with Crippen molar-refractivity contribution in [3.8, 4) is 5.75 Å². The summed E-state index contributed by atoms with van der Waals surface area (Å²) in [7, 11) is 1.69. The van der Waals surface area contributed by atoms with Gasteiger partial charge in [0.1, 0.15) is 5.75 Å². The number of aliphatic imine (C=N–C) groups is 1. The van der Waals surface area contributed by atoms with E-state index in [4.69, 9.17) is 9.73 Å². The first-order chi connectivity index (χ1) is 11.0. The van der Waals surface area contributed by atoms with E-state index in [0.29, 0.717) is 4.75 Å².